The molecule has 0 saturated carbocycles. The molecule has 0 N–H and O–H groups in total. The number of benzene rings is 1. The third kappa shape index (κ3) is 4.20. The van der Waals surface area contributed by atoms with Crippen molar-refractivity contribution in [1.82, 2.24) is 9.80 Å². The Kier molecular flexibility index (Phi) is 5.33. The lowest BCUT2D eigenvalue weighted by atomic mass is 9.71. The van der Waals surface area contributed by atoms with Crippen LogP contribution in [0.25, 0.3) is 0 Å². The summed E-state index contributed by atoms with van der Waals surface area (Å²) in [6.45, 7) is 9.16. The minimum absolute atomic E-state index is 0.647. The maximum Gasteiger partial charge on any atom is 0.0366 e. The molecular weight excluding hydrogens is 306 g/mol. The Bertz CT molecular complexity index is 517. The van der Waals surface area contributed by atoms with Crippen LogP contribution in [-0.2, 0) is 0 Å². The van der Waals surface area contributed by atoms with Crippen LogP contribution in [0.5, 0.6) is 0 Å². The van der Waals surface area contributed by atoms with E-state index in [0.717, 1.165) is 5.92 Å². The van der Waals surface area contributed by atoms with Crippen molar-refractivity contribution < 1.29 is 0 Å². The van der Waals surface area contributed by atoms with Gasteiger partial charge in [0.05, 0.1) is 0 Å². The van der Waals surface area contributed by atoms with E-state index in [4.69, 9.17) is 0 Å². The Hall–Kier alpha value is -1.06. The van der Waals surface area contributed by atoms with Gasteiger partial charge in [-0.2, -0.15) is 0 Å². The van der Waals surface area contributed by atoms with E-state index in [0.29, 0.717) is 5.41 Å². The average Bonchev–Trinajstić information content (AvgIpc) is 2.67. The fourth-order valence-corrected chi connectivity index (χ4v) is 5.20. The van der Waals surface area contributed by atoms with Gasteiger partial charge in [0.15, 0.2) is 0 Å². The van der Waals surface area contributed by atoms with Gasteiger partial charge in [0, 0.05) is 25.3 Å². The molecule has 3 heterocycles. The highest BCUT2D eigenvalue weighted by Crippen LogP contribution is 2.42. The molecule has 4 rings (SSSR count). The predicted octanol–water partition coefficient (Wildman–Crippen LogP) is 3.71. The highest BCUT2D eigenvalue weighted by atomic mass is 15.2. The van der Waals surface area contributed by atoms with Gasteiger partial charge in [0.1, 0.15) is 0 Å². The minimum Gasteiger partial charge on any atom is -0.371 e. The van der Waals surface area contributed by atoms with Gasteiger partial charge in [-0.1, -0.05) is 18.2 Å². The summed E-state index contributed by atoms with van der Waals surface area (Å²) in [5, 5.41) is 0. The van der Waals surface area contributed by atoms with Gasteiger partial charge in [-0.25, -0.2) is 0 Å². The number of anilines is 1. The van der Waals surface area contributed by atoms with E-state index in [-0.39, 0.29) is 0 Å². The molecule has 0 unspecified atom stereocenters. The van der Waals surface area contributed by atoms with E-state index < -0.39 is 0 Å². The highest BCUT2D eigenvalue weighted by Gasteiger charge is 2.37. The van der Waals surface area contributed by atoms with Gasteiger partial charge in [-0.3, -0.25) is 0 Å². The van der Waals surface area contributed by atoms with Crippen LogP contribution in [0.4, 0.5) is 5.69 Å². The average molecular weight is 342 g/mol. The van der Waals surface area contributed by atoms with Crippen LogP contribution < -0.4 is 4.90 Å². The van der Waals surface area contributed by atoms with Crippen molar-refractivity contribution in [3.05, 3.63) is 30.3 Å². The summed E-state index contributed by atoms with van der Waals surface area (Å²) in [6.07, 6.45) is 8.47. The maximum atomic E-state index is 2.78. The second kappa shape index (κ2) is 7.67. The Morgan fingerprint density at radius 2 is 1.44 bits per heavy atom. The third-order valence-electron chi connectivity index (χ3n) is 7.22. The Labute approximate surface area is 154 Å². The number of likely N-dealkylation sites (tertiary alicyclic amines) is 2. The molecule has 3 heteroatoms. The van der Waals surface area contributed by atoms with Gasteiger partial charge < -0.3 is 14.7 Å². The van der Waals surface area contributed by atoms with Crippen LogP contribution in [0, 0.1) is 11.3 Å². The number of hydrogen-bond donors (Lipinski definition) is 0. The van der Waals surface area contributed by atoms with E-state index in [1.54, 1.807) is 0 Å². The molecule has 0 amide bonds. The van der Waals surface area contributed by atoms with E-state index in [1.807, 2.05) is 0 Å². The molecule has 3 fully saturated rings. The summed E-state index contributed by atoms with van der Waals surface area (Å²) in [5.74, 6) is 0.949. The van der Waals surface area contributed by atoms with E-state index >= 15 is 0 Å². The first-order chi connectivity index (χ1) is 12.2. The van der Waals surface area contributed by atoms with Crippen LogP contribution in [0.1, 0.15) is 38.5 Å². The van der Waals surface area contributed by atoms with Gasteiger partial charge in [-0.05, 0) is 95.2 Å². The number of piperidine rings is 3. The fraction of sp³-hybridized carbons (Fsp3) is 0.727. The summed E-state index contributed by atoms with van der Waals surface area (Å²) in [7, 11) is 2.27. The van der Waals surface area contributed by atoms with E-state index in [1.165, 1.54) is 90.0 Å². The minimum atomic E-state index is 0.647. The van der Waals surface area contributed by atoms with Gasteiger partial charge in [0.25, 0.3) is 0 Å². The SMILES string of the molecule is CN1CCC(CN2CCC3(CC2)CCN(c2ccccc2)CC3)CC1. The topological polar surface area (TPSA) is 9.72 Å². The first-order valence-electron chi connectivity index (χ1n) is 10.4. The molecule has 3 aliphatic rings. The Morgan fingerprint density at radius 3 is 2.08 bits per heavy atom. The smallest absolute Gasteiger partial charge is 0.0366 e. The van der Waals surface area contributed by atoms with Crippen molar-refractivity contribution in [3.8, 4) is 0 Å². The molecule has 0 radical (unpaired) electrons. The molecule has 0 aliphatic carbocycles. The first kappa shape index (κ1) is 17.4. The van der Waals surface area contributed by atoms with Crippen LogP contribution >= 0.6 is 0 Å². The summed E-state index contributed by atoms with van der Waals surface area (Å²) >= 11 is 0. The molecule has 3 nitrogen and oxygen atoms in total. The Balaban J connectivity index is 1.24. The molecule has 0 aromatic heterocycles. The zero-order valence-electron chi connectivity index (χ0n) is 16.0. The van der Waals surface area contributed by atoms with Crippen molar-refractivity contribution in [2.75, 3.05) is 57.8 Å². The van der Waals surface area contributed by atoms with Gasteiger partial charge in [-0.15, -0.1) is 0 Å². The predicted molar refractivity (Wildman–Crippen MR) is 106 cm³/mol. The fourth-order valence-electron chi connectivity index (χ4n) is 5.20. The molecule has 1 aromatic carbocycles. The molecular formula is C22H35N3. The standard InChI is InChI=1S/C22H35N3/c1-23-13-7-20(8-14-23)19-24-15-9-22(10-16-24)11-17-25(18-12-22)21-5-3-2-4-6-21/h2-6,20H,7-19H2,1H3. The van der Waals surface area contributed by atoms with Crippen LogP contribution in [0.3, 0.4) is 0 Å². The molecule has 1 spiro atoms. The largest absolute Gasteiger partial charge is 0.371 e. The van der Waals surface area contributed by atoms with Crippen molar-refractivity contribution in [1.29, 1.82) is 0 Å². The van der Waals surface area contributed by atoms with Crippen molar-refractivity contribution in [2.24, 2.45) is 11.3 Å². The third-order valence-corrected chi connectivity index (χ3v) is 7.22. The Morgan fingerprint density at radius 1 is 0.840 bits per heavy atom. The first-order valence-corrected chi connectivity index (χ1v) is 10.4. The molecule has 25 heavy (non-hydrogen) atoms. The molecule has 138 valence electrons. The molecule has 0 atom stereocenters. The lowest BCUT2D eigenvalue weighted by molar-refractivity contribution is 0.0620. The van der Waals surface area contributed by atoms with Gasteiger partial charge in [0.2, 0.25) is 0 Å². The van der Waals surface area contributed by atoms with Crippen molar-refractivity contribution in [3.63, 3.8) is 0 Å². The van der Waals surface area contributed by atoms with Crippen molar-refractivity contribution in [2.45, 2.75) is 38.5 Å². The summed E-state index contributed by atoms with van der Waals surface area (Å²) in [5.41, 5.74) is 2.06. The van der Waals surface area contributed by atoms with E-state index in [2.05, 4.69) is 52.1 Å². The highest BCUT2D eigenvalue weighted by molar-refractivity contribution is 5.46. The summed E-state index contributed by atoms with van der Waals surface area (Å²) < 4.78 is 0. The second-order valence-corrected chi connectivity index (χ2v) is 8.87. The maximum absolute atomic E-state index is 2.78. The van der Waals surface area contributed by atoms with Gasteiger partial charge >= 0.3 is 0 Å². The zero-order valence-corrected chi connectivity index (χ0v) is 16.0. The summed E-state index contributed by atoms with van der Waals surface area (Å²) in [6, 6.07) is 11.0. The molecule has 3 aliphatic heterocycles. The number of hydrogen-bond acceptors (Lipinski definition) is 3. The number of nitrogens with zero attached hydrogens (tertiary/aromatic N) is 3. The molecule has 0 bridgehead atoms. The normalized spacial score (nSPS) is 26.2. The summed E-state index contributed by atoms with van der Waals surface area (Å²) in [4.78, 5) is 7.86. The van der Waals surface area contributed by atoms with Crippen LogP contribution in [-0.4, -0.2) is 62.7 Å². The quantitative estimate of drug-likeness (QED) is 0.830. The number of rotatable bonds is 3. The molecule has 1 aromatic rings. The van der Waals surface area contributed by atoms with E-state index in [9.17, 15) is 0 Å². The lowest BCUT2D eigenvalue weighted by Crippen LogP contribution is -2.48. The van der Waals surface area contributed by atoms with Crippen LogP contribution in [0.2, 0.25) is 0 Å². The molecule has 3 saturated heterocycles. The zero-order chi connectivity index (χ0) is 17.1. The van der Waals surface area contributed by atoms with Crippen LogP contribution in [0.15, 0.2) is 30.3 Å². The van der Waals surface area contributed by atoms with Crippen molar-refractivity contribution >= 4 is 5.69 Å². The number of para-hydroxylation sites is 1. The monoisotopic (exact) mass is 341 g/mol. The second-order valence-electron chi connectivity index (χ2n) is 8.87. The lowest BCUT2D eigenvalue weighted by Gasteiger charge is -2.48.